The molecule has 16 heavy (non-hydrogen) atoms. The number of thiol groups is 1. The van der Waals surface area contributed by atoms with Gasteiger partial charge in [0.2, 0.25) is 11.8 Å². The third kappa shape index (κ3) is 8.59. The van der Waals surface area contributed by atoms with Crippen LogP contribution in [-0.2, 0) is 9.59 Å². The normalized spacial score (nSPS) is 11.2. The van der Waals surface area contributed by atoms with Crippen LogP contribution in [0.25, 0.3) is 0 Å². The summed E-state index contributed by atoms with van der Waals surface area (Å²) in [6, 6.07) is 0. The molecule has 2 amide bonds. The van der Waals surface area contributed by atoms with Gasteiger partial charge in [-0.25, -0.2) is 0 Å². The molecule has 0 atom stereocenters. The van der Waals surface area contributed by atoms with Gasteiger partial charge in [0.25, 0.3) is 0 Å². The SMILES string of the molecule is CC(C)(CC(N)=O)NC(=O)CCCCCS. The van der Waals surface area contributed by atoms with Gasteiger partial charge in [0, 0.05) is 18.4 Å². The van der Waals surface area contributed by atoms with Gasteiger partial charge in [-0.1, -0.05) is 6.42 Å². The Morgan fingerprint density at radius 1 is 1.25 bits per heavy atom. The maximum atomic E-state index is 11.5. The van der Waals surface area contributed by atoms with E-state index in [0.29, 0.717) is 6.42 Å². The van der Waals surface area contributed by atoms with E-state index in [1.54, 1.807) is 13.8 Å². The van der Waals surface area contributed by atoms with Gasteiger partial charge >= 0.3 is 0 Å². The van der Waals surface area contributed by atoms with E-state index in [1.165, 1.54) is 0 Å². The summed E-state index contributed by atoms with van der Waals surface area (Å²) in [7, 11) is 0. The van der Waals surface area contributed by atoms with Gasteiger partial charge in [-0.3, -0.25) is 9.59 Å². The van der Waals surface area contributed by atoms with E-state index in [9.17, 15) is 9.59 Å². The summed E-state index contributed by atoms with van der Waals surface area (Å²) in [5.41, 5.74) is 4.55. The molecule has 0 spiro atoms. The summed E-state index contributed by atoms with van der Waals surface area (Å²) in [5, 5.41) is 2.81. The Balaban J connectivity index is 3.80. The van der Waals surface area contributed by atoms with Crippen LogP contribution in [0.4, 0.5) is 0 Å². The van der Waals surface area contributed by atoms with Crippen molar-refractivity contribution in [2.24, 2.45) is 5.73 Å². The highest BCUT2D eigenvalue weighted by Crippen LogP contribution is 2.09. The predicted molar refractivity (Wildman–Crippen MR) is 68.4 cm³/mol. The molecule has 0 unspecified atom stereocenters. The minimum Gasteiger partial charge on any atom is -0.370 e. The molecular formula is C11H22N2O2S. The molecule has 4 nitrogen and oxygen atoms in total. The number of hydrogen-bond donors (Lipinski definition) is 3. The van der Waals surface area contributed by atoms with Gasteiger partial charge in [0.05, 0.1) is 0 Å². The van der Waals surface area contributed by atoms with Crippen molar-refractivity contribution in [2.75, 3.05) is 5.75 Å². The number of amides is 2. The Morgan fingerprint density at radius 2 is 1.88 bits per heavy atom. The first-order valence-electron chi connectivity index (χ1n) is 5.57. The third-order valence-electron chi connectivity index (χ3n) is 2.16. The molecule has 0 saturated heterocycles. The number of carbonyl (C=O) groups excluding carboxylic acids is 2. The van der Waals surface area contributed by atoms with Crippen LogP contribution in [0.1, 0.15) is 46.0 Å². The van der Waals surface area contributed by atoms with Crippen LogP contribution < -0.4 is 11.1 Å². The number of primary amides is 1. The molecule has 0 fully saturated rings. The van der Waals surface area contributed by atoms with E-state index in [0.717, 1.165) is 25.0 Å². The highest BCUT2D eigenvalue weighted by molar-refractivity contribution is 7.80. The van der Waals surface area contributed by atoms with Gasteiger partial charge in [0.15, 0.2) is 0 Å². The lowest BCUT2D eigenvalue weighted by Gasteiger charge is -2.24. The summed E-state index contributed by atoms with van der Waals surface area (Å²) in [5.74, 6) is 0.431. The largest absolute Gasteiger partial charge is 0.370 e. The van der Waals surface area contributed by atoms with Crippen LogP contribution in [-0.4, -0.2) is 23.1 Å². The monoisotopic (exact) mass is 246 g/mol. The van der Waals surface area contributed by atoms with Gasteiger partial charge < -0.3 is 11.1 Å². The fraction of sp³-hybridized carbons (Fsp3) is 0.818. The first-order valence-corrected chi connectivity index (χ1v) is 6.21. The molecule has 0 rings (SSSR count). The first-order chi connectivity index (χ1) is 7.37. The molecule has 94 valence electrons. The van der Waals surface area contributed by atoms with Crippen molar-refractivity contribution in [1.29, 1.82) is 0 Å². The van der Waals surface area contributed by atoms with Crippen molar-refractivity contribution in [3.8, 4) is 0 Å². The number of hydrogen-bond acceptors (Lipinski definition) is 3. The number of unbranched alkanes of at least 4 members (excludes halogenated alkanes) is 2. The zero-order valence-corrected chi connectivity index (χ0v) is 11.0. The number of nitrogens with two attached hydrogens (primary N) is 1. The third-order valence-corrected chi connectivity index (χ3v) is 2.47. The molecule has 5 heteroatoms. The average molecular weight is 246 g/mol. The van der Waals surface area contributed by atoms with Crippen molar-refractivity contribution < 1.29 is 9.59 Å². The first kappa shape index (κ1) is 15.3. The lowest BCUT2D eigenvalue weighted by atomic mass is 10.00. The van der Waals surface area contributed by atoms with Gasteiger partial charge in [-0.15, -0.1) is 0 Å². The second-order valence-corrected chi connectivity index (χ2v) is 5.06. The fourth-order valence-corrected chi connectivity index (χ4v) is 1.72. The second kappa shape index (κ2) is 7.54. The van der Waals surface area contributed by atoms with E-state index >= 15 is 0 Å². The molecule has 0 aromatic heterocycles. The summed E-state index contributed by atoms with van der Waals surface area (Å²) >= 11 is 4.10. The fourth-order valence-electron chi connectivity index (χ4n) is 1.49. The number of nitrogens with one attached hydrogen (secondary N) is 1. The topological polar surface area (TPSA) is 72.2 Å². The van der Waals surface area contributed by atoms with E-state index in [1.807, 2.05) is 0 Å². The van der Waals surface area contributed by atoms with E-state index in [4.69, 9.17) is 5.73 Å². The van der Waals surface area contributed by atoms with E-state index in [-0.39, 0.29) is 12.3 Å². The Bertz CT molecular complexity index is 242. The minimum atomic E-state index is -0.549. The Morgan fingerprint density at radius 3 is 2.38 bits per heavy atom. The van der Waals surface area contributed by atoms with Gasteiger partial charge in [0.1, 0.15) is 0 Å². The van der Waals surface area contributed by atoms with Crippen molar-refractivity contribution in [3.63, 3.8) is 0 Å². The molecule has 0 heterocycles. The Labute approximate surface area is 103 Å². The standard InChI is InChI=1S/C11H22N2O2S/c1-11(2,8-9(12)14)13-10(15)6-4-3-5-7-16/h16H,3-8H2,1-2H3,(H2,12,14)(H,13,15). The molecule has 0 aliphatic carbocycles. The zero-order chi connectivity index (χ0) is 12.6. The van der Waals surface area contributed by atoms with Gasteiger partial charge in [-0.05, 0) is 32.4 Å². The molecule has 0 bridgehead atoms. The summed E-state index contributed by atoms with van der Waals surface area (Å²) in [6.07, 6.45) is 3.55. The van der Waals surface area contributed by atoms with Gasteiger partial charge in [-0.2, -0.15) is 12.6 Å². The van der Waals surface area contributed by atoms with Crippen LogP contribution in [0.5, 0.6) is 0 Å². The van der Waals surface area contributed by atoms with Crippen molar-refractivity contribution in [1.82, 2.24) is 5.32 Å². The predicted octanol–water partition coefficient (Wildman–Crippen LogP) is 1.25. The Kier molecular flexibility index (Phi) is 7.21. The maximum Gasteiger partial charge on any atom is 0.220 e. The Hall–Kier alpha value is -0.710. The lowest BCUT2D eigenvalue weighted by molar-refractivity contribution is -0.124. The number of rotatable bonds is 8. The lowest BCUT2D eigenvalue weighted by Crippen LogP contribution is -2.45. The highest BCUT2D eigenvalue weighted by Gasteiger charge is 2.22. The second-order valence-electron chi connectivity index (χ2n) is 4.61. The van der Waals surface area contributed by atoms with Crippen LogP contribution in [0.3, 0.4) is 0 Å². The molecule has 0 saturated carbocycles. The minimum absolute atomic E-state index is 0.0228. The van der Waals surface area contributed by atoms with E-state index < -0.39 is 11.4 Å². The average Bonchev–Trinajstić information content (AvgIpc) is 2.09. The van der Waals surface area contributed by atoms with Crippen molar-refractivity contribution in [2.45, 2.75) is 51.5 Å². The molecule has 3 N–H and O–H groups in total. The summed E-state index contributed by atoms with van der Waals surface area (Å²) < 4.78 is 0. The van der Waals surface area contributed by atoms with Crippen molar-refractivity contribution in [3.05, 3.63) is 0 Å². The molecule has 0 aromatic carbocycles. The maximum absolute atomic E-state index is 11.5. The van der Waals surface area contributed by atoms with Crippen LogP contribution >= 0.6 is 12.6 Å². The van der Waals surface area contributed by atoms with Crippen LogP contribution in [0.15, 0.2) is 0 Å². The molecule has 0 aliphatic rings. The van der Waals surface area contributed by atoms with Crippen molar-refractivity contribution >= 4 is 24.4 Å². The molecular weight excluding hydrogens is 224 g/mol. The number of carbonyl (C=O) groups is 2. The van der Waals surface area contributed by atoms with Crippen LogP contribution in [0, 0.1) is 0 Å². The molecule has 0 aliphatic heterocycles. The van der Waals surface area contributed by atoms with Crippen LogP contribution in [0.2, 0.25) is 0 Å². The molecule has 0 aromatic rings. The van der Waals surface area contributed by atoms with E-state index in [2.05, 4.69) is 17.9 Å². The highest BCUT2D eigenvalue weighted by atomic mass is 32.1. The quantitative estimate of drug-likeness (QED) is 0.445. The molecule has 0 radical (unpaired) electrons. The summed E-state index contributed by atoms with van der Waals surface area (Å²) in [4.78, 5) is 22.3. The zero-order valence-electron chi connectivity index (χ0n) is 10.1. The summed E-state index contributed by atoms with van der Waals surface area (Å²) in [6.45, 7) is 3.59. The smallest absolute Gasteiger partial charge is 0.220 e.